The van der Waals surface area contributed by atoms with Crippen molar-refractivity contribution in [3.8, 4) is 0 Å². The molecule has 0 aliphatic heterocycles. The Bertz CT molecular complexity index is 701. The predicted molar refractivity (Wildman–Crippen MR) is 166 cm³/mol. The Morgan fingerprint density at radius 3 is 1.06 bits per heavy atom. The highest BCUT2D eigenvalue weighted by molar-refractivity contribution is 7.70. The van der Waals surface area contributed by atoms with Crippen LogP contribution in [0.2, 0.25) is 98.2 Å². The first-order chi connectivity index (χ1) is 14.9. The van der Waals surface area contributed by atoms with Crippen LogP contribution in [0.3, 0.4) is 0 Å². The van der Waals surface area contributed by atoms with E-state index in [1.54, 1.807) is 0 Å². The summed E-state index contributed by atoms with van der Waals surface area (Å²) in [5.74, 6) is 0. The summed E-state index contributed by atoms with van der Waals surface area (Å²) < 4.78 is 28.2. The molecule has 12 heteroatoms. The van der Waals surface area contributed by atoms with Gasteiger partial charge in [-0.05, 0) is 84.1 Å². The van der Waals surface area contributed by atoms with Gasteiger partial charge in [0.1, 0.15) is 8.24 Å². The van der Waals surface area contributed by atoms with E-state index in [-0.39, 0.29) is 0 Å². The van der Waals surface area contributed by atoms with E-state index in [1.165, 1.54) is 0 Å². The third-order valence-electron chi connectivity index (χ3n) is 3.68. The molecular weight excluding hydrogens is 545 g/mol. The van der Waals surface area contributed by atoms with E-state index in [0.717, 1.165) is 5.56 Å². The number of rotatable bonds is 13. The monoisotopic (exact) mass is 595 g/mol. The summed E-state index contributed by atoms with van der Waals surface area (Å²) in [7, 11) is -12.6. The van der Waals surface area contributed by atoms with E-state index in [9.17, 15) is 0 Å². The lowest BCUT2D eigenvalue weighted by Crippen LogP contribution is -2.56. The highest BCUT2D eigenvalue weighted by Gasteiger charge is 2.57. The molecule has 0 radical (unpaired) electrons. The van der Waals surface area contributed by atoms with Gasteiger partial charge in [-0.2, -0.15) is 0 Å². The molecule has 5 nitrogen and oxygen atoms in total. The van der Waals surface area contributed by atoms with Gasteiger partial charge in [-0.15, -0.1) is 0 Å². The largest absolute Gasteiger partial charge is 0.374 e. The Labute approximate surface area is 218 Å². The highest BCUT2D eigenvalue weighted by Crippen LogP contribution is 2.75. The van der Waals surface area contributed by atoms with Gasteiger partial charge in [0.05, 0.1) is 0 Å². The molecule has 0 aromatic heterocycles. The van der Waals surface area contributed by atoms with Gasteiger partial charge in [0.15, 0.2) is 55.0 Å². The first kappa shape index (κ1) is 33.0. The lowest BCUT2D eigenvalue weighted by Gasteiger charge is -2.51. The molecule has 0 fully saturated rings. The summed E-state index contributed by atoms with van der Waals surface area (Å²) in [6, 6.07) is 10.7. The molecule has 1 N–H and O–H groups in total. The standard InChI is InChI=1S/C22H51NO4P2Si5/c1-30(2,3)23-22(21-19-17-16-18-20-21,28(24-31(4,5)6)25-32(7,8)9)29(26-33(10,11)12)27-34(13,14)15/h16-20,23H,1-15H3. The summed E-state index contributed by atoms with van der Waals surface area (Å²) in [6.45, 7) is 34.0. The van der Waals surface area contributed by atoms with E-state index < -0.39 is 63.3 Å². The summed E-state index contributed by atoms with van der Waals surface area (Å²) >= 11 is 0. The average molecular weight is 596 g/mol. The first-order valence-electron chi connectivity index (χ1n) is 12.2. The zero-order valence-corrected chi connectivity index (χ0v) is 31.2. The van der Waals surface area contributed by atoms with Gasteiger partial charge >= 0.3 is 0 Å². The molecular formula is C22H51NO4P2Si5. The van der Waals surface area contributed by atoms with Gasteiger partial charge in [0, 0.05) is 0 Å². The van der Waals surface area contributed by atoms with Crippen LogP contribution in [-0.4, -0.2) is 41.5 Å². The van der Waals surface area contributed by atoms with Gasteiger partial charge in [-0.25, -0.2) is 0 Å². The van der Waals surface area contributed by atoms with Crippen LogP contribution in [0.4, 0.5) is 0 Å². The fourth-order valence-corrected chi connectivity index (χ4v) is 20.6. The van der Waals surface area contributed by atoms with E-state index in [0.29, 0.717) is 0 Å². The Morgan fingerprint density at radius 1 is 0.529 bits per heavy atom. The molecule has 0 bridgehead atoms. The van der Waals surface area contributed by atoms with Crippen LogP contribution in [0.5, 0.6) is 0 Å². The Morgan fingerprint density at radius 2 is 0.824 bits per heavy atom. The second kappa shape index (κ2) is 11.8. The summed E-state index contributed by atoms with van der Waals surface area (Å²) in [5.41, 5.74) is 1.16. The van der Waals surface area contributed by atoms with Crippen LogP contribution >= 0.6 is 16.8 Å². The summed E-state index contributed by atoms with van der Waals surface area (Å²) in [4.78, 5) is 4.16. The van der Waals surface area contributed by atoms with Crippen LogP contribution in [-0.2, 0) is 21.9 Å². The van der Waals surface area contributed by atoms with Crippen LogP contribution in [0.25, 0.3) is 0 Å². The minimum atomic E-state index is -1.98. The molecule has 1 aromatic carbocycles. The van der Waals surface area contributed by atoms with Gasteiger partial charge < -0.3 is 21.8 Å². The van der Waals surface area contributed by atoms with E-state index in [4.69, 9.17) is 16.9 Å². The second-order valence-corrected chi connectivity index (χ2v) is 41.0. The quantitative estimate of drug-likeness (QED) is 0.182. The normalized spacial score (nSPS) is 14.9. The van der Waals surface area contributed by atoms with Crippen molar-refractivity contribution in [3.05, 3.63) is 35.9 Å². The van der Waals surface area contributed by atoms with Gasteiger partial charge in [-0.3, -0.25) is 0 Å². The molecule has 0 amide bonds. The first-order valence-corrected chi connectivity index (χ1v) is 31.6. The Balaban J connectivity index is 4.08. The van der Waals surface area contributed by atoms with Crippen molar-refractivity contribution in [3.63, 3.8) is 0 Å². The highest BCUT2D eigenvalue weighted by atomic mass is 31.2. The predicted octanol–water partition coefficient (Wildman–Crippen LogP) is 9.25. The minimum Gasteiger partial charge on any atom is -0.374 e. The van der Waals surface area contributed by atoms with Crippen LogP contribution < -0.4 is 4.98 Å². The maximum atomic E-state index is 7.05. The fourth-order valence-electron chi connectivity index (χ4n) is 2.93. The Kier molecular flexibility index (Phi) is 11.4. The van der Waals surface area contributed by atoms with Crippen LogP contribution in [0, 0.1) is 0 Å². The maximum Gasteiger partial charge on any atom is 0.191 e. The lowest BCUT2D eigenvalue weighted by atomic mass is 10.2. The minimum absolute atomic E-state index is 0.669. The molecule has 0 aliphatic rings. The number of nitrogens with one attached hydrogen (secondary N) is 1. The van der Waals surface area contributed by atoms with Crippen molar-refractivity contribution in [2.24, 2.45) is 0 Å². The second-order valence-electron chi connectivity index (χ2n) is 13.7. The van der Waals surface area contributed by atoms with Crippen molar-refractivity contribution >= 4 is 58.3 Å². The Hall–Kier alpha value is 0.964. The topological polar surface area (TPSA) is 49.0 Å². The number of hydrogen-bond acceptors (Lipinski definition) is 5. The average Bonchev–Trinajstić information content (AvgIpc) is 2.53. The zero-order valence-electron chi connectivity index (χ0n) is 24.4. The molecule has 0 atom stereocenters. The molecule has 0 saturated heterocycles. The SMILES string of the molecule is C[Si](C)(C)NC(c1ccccc1)(P(O[Si](C)(C)C)O[Si](C)(C)C)P(O[Si](C)(C)C)O[Si](C)(C)C. The van der Waals surface area contributed by atoms with Crippen molar-refractivity contribution in [2.45, 2.75) is 103 Å². The van der Waals surface area contributed by atoms with Crippen LogP contribution in [0.1, 0.15) is 5.56 Å². The summed E-state index contributed by atoms with van der Waals surface area (Å²) in [5, 5.41) is -0.669. The van der Waals surface area contributed by atoms with Gasteiger partial charge in [-0.1, -0.05) is 50.0 Å². The molecule has 0 spiro atoms. The van der Waals surface area contributed by atoms with Crippen molar-refractivity contribution in [2.75, 3.05) is 0 Å². The number of benzene rings is 1. The molecule has 0 heterocycles. The van der Waals surface area contributed by atoms with Crippen molar-refractivity contribution in [1.82, 2.24) is 4.98 Å². The van der Waals surface area contributed by atoms with Crippen LogP contribution in [0.15, 0.2) is 30.3 Å². The van der Waals surface area contributed by atoms with E-state index in [2.05, 4.69) is 134 Å². The van der Waals surface area contributed by atoms with E-state index in [1.807, 2.05) is 0 Å². The molecule has 1 rings (SSSR count). The smallest absolute Gasteiger partial charge is 0.191 e. The van der Waals surface area contributed by atoms with Crippen molar-refractivity contribution < 1.29 is 16.9 Å². The van der Waals surface area contributed by atoms with Gasteiger partial charge in [0.2, 0.25) is 0 Å². The molecule has 34 heavy (non-hydrogen) atoms. The molecule has 0 unspecified atom stereocenters. The van der Waals surface area contributed by atoms with Crippen molar-refractivity contribution in [1.29, 1.82) is 0 Å². The lowest BCUT2D eigenvalue weighted by molar-refractivity contribution is 0.415. The third kappa shape index (κ3) is 12.0. The van der Waals surface area contributed by atoms with E-state index >= 15 is 0 Å². The molecule has 198 valence electrons. The molecule has 1 aromatic rings. The molecule has 0 saturated carbocycles. The third-order valence-corrected chi connectivity index (χ3v) is 19.4. The van der Waals surface area contributed by atoms with Gasteiger partial charge in [0.25, 0.3) is 0 Å². The fraction of sp³-hybridized carbons (Fsp3) is 0.727. The zero-order chi connectivity index (χ0) is 26.8. The maximum absolute atomic E-state index is 7.05. The number of hydrogen-bond donors (Lipinski definition) is 1. The summed E-state index contributed by atoms with van der Waals surface area (Å²) in [6.07, 6.45) is 0. The molecule has 0 aliphatic carbocycles.